The van der Waals surface area contributed by atoms with Crippen LogP contribution in [0.2, 0.25) is 0 Å². The third kappa shape index (κ3) is 4.15. The number of rotatable bonds is 2. The van der Waals surface area contributed by atoms with Crippen LogP contribution in [0.3, 0.4) is 0 Å². The van der Waals surface area contributed by atoms with Crippen molar-refractivity contribution in [2.45, 2.75) is 0 Å². The van der Waals surface area contributed by atoms with Crippen LogP contribution >= 0.6 is 0 Å². The number of halogens is 4. The number of benzene rings is 3. The molecule has 0 saturated heterocycles. The van der Waals surface area contributed by atoms with Gasteiger partial charge in [-0.2, -0.15) is 31.6 Å². The van der Waals surface area contributed by atoms with Crippen molar-refractivity contribution in [3.05, 3.63) is 127 Å². The summed E-state index contributed by atoms with van der Waals surface area (Å²) in [5, 5.41) is 58.5. The highest BCUT2D eigenvalue weighted by Gasteiger charge is 2.44. The van der Waals surface area contributed by atoms with Gasteiger partial charge in [-0.3, -0.25) is 0 Å². The number of allylic oxidation sites excluding steroid dienone is 8. The fourth-order valence-corrected chi connectivity index (χ4v) is 5.30. The maximum atomic E-state index is 16.6. The summed E-state index contributed by atoms with van der Waals surface area (Å²) >= 11 is 0. The SMILES string of the molecule is [C-]#[N+]c1cc([N+]#[C-])cc(/C(C#N)=C2\C(F)=C(C#N)c3c(F)c4c(c(F)c32)C(C#N)=C(F)/C4=C(/C#N)c2cc(C#N)cc(C#N)c2)c1. The lowest BCUT2D eigenvalue weighted by atomic mass is 9.88. The Morgan fingerprint density at radius 3 is 1.24 bits per heavy atom. The molecule has 12 heteroatoms. The van der Waals surface area contributed by atoms with E-state index in [4.69, 9.17) is 13.1 Å². The summed E-state index contributed by atoms with van der Waals surface area (Å²) in [6.07, 6.45) is 0. The fourth-order valence-electron chi connectivity index (χ4n) is 5.30. The molecule has 0 radical (unpaired) electrons. The second-order valence-electron chi connectivity index (χ2n) is 9.44. The first-order valence-corrected chi connectivity index (χ1v) is 12.5. The molecule has 0 aliphatic heterocycles. The fraction of sp³-hybridized carbons (Fsp3) is 0. The molecule has 2 aliphatic carbocycles. The molecule has 8 nitrogen and oxygen atoms in total. The summed E-state index contributed by atoms with van der Waals surface area (Å²) in [6.45, 7) is 14.6. The molecule has 3 aromatic rings. The third-order valence-electron chi connectivity index (χ3n) is 7.13. The predicted molar refractivity (Wildman–Crippen MR) is 153 cm³/mol. The van der Waals surface area contributed by atoms with Gasteiger partial charge in [-0.15, -0.1) is 0 Å². The molecule has 0 N–H and O–H groups in total. The highest BCUT2D eigenvalue weighted by atomic mass is 19.1. The van der Waals surface area contributed by atoms with Crippen LogP contribution in [0.1, 0.15) is 44.5 Å². The van der Waals surface area contributed by atoms with Crippen molar-refractivity contribution in [2.75, 3.05) is 0 Å². The van der Waals surface area contributed by atoms with Crippen LogP contribution in [0, 0.1) is 92.8 Å². The summed E-state index contributed by atoms with van der Waals surface area (Å²) in [7, 11) is 0. The van der Waals surface area contributed by atoms with Crippen molar-refractivity contribution in [3.63, 3.8) is 0 Å². The summed E-state index contributed by atoms with van der Waals surface area (Å²) in [4.78, 5) is 6.39. The molecule has 210 valence electrons. The summed E-state index contributed by atoms with van der Waals surface area (Å²) in [6, 6.07) is 16.3. The van der Waals surface area contributed by atoms with Crippen LogP contribution in [-0.2, 0) is 0 Å². The monoisotopic (exact) mass is 602 g/mol. The van der Waals surface area contributed by atoms with Crippen LogP contribution in [0.15, 0.2) is 48.1 Å². The second kappa shape index (κ2) is 11.2. The van der Waals surface area contributed by atoms with Crippen molar-refractivity contribution >= 4 is 44.8 Å². The van der Waals surface area contributed by atoms with Crippen molar-refractivity contribution in [3.8, 4) is 36.4 Å². The van der Waals surface area contributed by atoms with Crippen LogP contribution in [0.25, 0.3) is 43.1 Å². The van der Waals surface area contributed by atoms with E-state index in [1.807, 2.05) is 0 Å². The first kappa shape index (κ1) is 29.7. The Balaban J connectivity index is 1.97. The molecule has 0 aromatic heterocycles. The Morgan fingerprint density at radius 2 is 0.913 bits per heavy atom. The number of hydrogen-bond donors (Lipinski definition) is 0. The lowest BCUT2D eigenvalue weighted by Gasteiger charge is -2.15. The topological polar surface area (TPSA) is 151 Å². The van der Waals surface area contributed by atoms with E-state index in [-0.39, 0.29) is 33.6 Å². The van der Waals surface area contributed by atoms with E-state index in [1.54, 1.807) is 24.3 Å². The minimum atomic E-state index is -1.60. The van der Waals surface area contributed by atoms with E-state index in [0.29, 0.717) is 0 Å². The van der Waals surface area contributed by atoms with E-state index in [0.717, 1.165) is 30.3 Å². The number of nitrogens with zero attached hydrogens (tertiary/aromatic N) is 8. The summed E-state index contributed by atoms with van der Waals surface area (Å²) in [5.74, 6) is -6.27. The molecule has 0 atom stereocenters. The third-order valence-corrected chi connectivity index (χ3v) is 7.13. The molecular weight excluding hydrogens is 596 g/mol. The largest absolute Gasteiger partial charge is 0.239 e. The Bertz CT molecular complexity index is 2250. The van der Waals surface area contributed by atoms with Crippen LogP contribution in [-0.4, -0.2) is 0 Å². The predicted octanol–water partition coefficient (Wildman–Crippen LogP) is 8.11. The maximum absolute atomic E-state index is 16.6. The van der Waals surface area contributed by atoms with Gasteiger partial charge >= 0.3 is 0 Å². The standard InChI is InChI=1S/C34H6F4N8/c1-45-19-6-18(7-20(8-19)46-2)22(12-42)26-30-28(24(14-44)32(26)36)33(37)29-25(31(35)23(13-43)27(29)34(30)38)21(11-41)17-4-15(9-39)3-16(5-17)10-40/h3-8H/b25-21-,26-22-. The van der Waals surface area contributed by atoms with Crippen molar-refractivity contribution in [2.24, 2.45) is 0 Å². The van der Waals surface area contributed by atoms with Gasteiger partial charge in [0.15, 0.2) is 23.0 Å². The van der Waals surface area contributed by atoms with Gasteiger partial charge in [-0.1, -0.05) is 18.2 Å². The molecule has 0 heterocycles. The average molecular weight is 602 g/mol. The van der Waals surface area contributed by atoms with E-state index in [9.17, 15) is 31.6 Å². The van der Waals surface area contributed by atoms with Gasteiger partial charge in [0, 0.05) is 33.4 Å². The molecular formula is C34H6F4N8. The van der Waals surface area contributed by atoms with Crippen molar-refractivity contribution in [1.82, 2.24) is 0 Å². The number of nitriles is 6. The van der Waals surface area contributed by atoms with Gasteiger partial charge in [0.2, 0.25) is 0 Å². The Hall–Kier alpha value is -7.74. The van der Waals surface area contributed by atoms with Crippen molar-refractivity contribution in [1.29, 1.82) is 31.6 Å². The normalized spacial score (nSPS) is 14.7. The Kier molecular flexibility index (Phi) is 7.21. The van der Waals surface area contributed by atoms with E-state index in [2.05, 4.69) is 9.69 Å². The van der Waals surface area contributed by atoms with Gasteiger partial charge in [0.05, 0.1) is 58.7 Å². The van der Waals surface area contributed by atoms with E-state index >= 15 is 17.6 Å². The van der Waals surface area contributed by atoms with Crippen LogP contribution in [0.5, 0.6) is 0 Å². The molecule has 0 saturated carbocycles. The van der Waals surface area contributed by atoms with Gasteiger partial charge < -0.3 is 0 Å². The zero-order chi connectivity index (χ0) is 33.4. The van der Waals surface area contributed by atoms with Crippen LogP contribution < -0.4 is 0 Å². The average Bonchev–Trinajstić information content (AvgIpc) is 3.54. The van der Waals surface area contributed by atoms with Gasteiger partial charge in [0.25, 0.3) is 0 Å². The minimum absolute atomic E-state index is 0.134. The molecule has 0 unspecified atom stereocenters. The quantitative estimate of drug-likeness (QED) is 0.164. The minimum Gasteiger partial charge on any atom is -0.239 e. The lowest BCUT2D eigenvalue weighted by molar-refractivity contribution is 0.590. The number of fused-ring (bicyclic) bond motifs is 2. The zero-order valence-electron chi connectivity index (χ0n) is 22.6. The Morgan fingerprint density at radius 1 is 0.522 bits per heavy atom. The molecule has 0 spiro atoms. The van der Waals surface area contributed by atoms with Gasteiger partial charge in [0.1, 0.15) is 35.9 Å². The van der Waals surface area contributed by atoms with Crippen LogP contribution in [0.4, 0.5) is 28.9 Å². The van der Waals surface area contributed by atoms with E-state index < -0.39 is 79.0 Å². The second-order valence-corrected chi connectivity index (χ2v) is 9.44. The van der Waals surface area contributed by atoms with Crippen molar-refractivity contribution < 1.29 is 17.6 Å². The lowest BCUT2D eigenvalue weighted by Crippen LogP contribution is -2.05. The molecule has 0 amide bonds. The molecule has 3 aromatic carbocycles. The first-order chi connectivity index (χ1) is 22.1. The summed E-state index contributed by atoms with van der Waals surface area (Å²) in [5.41, 5.74) is -10.5. The molecule has 0 bridgehead atoms. The van der Waals surface area contributed by atoms with Gasteiger partial charge in [-0.25, -0.2) is 27.3 Å². The molecule has 5 rings (SSSR count). The smallest absolute Gasteiger partial charge is 0.177 e. The Labute approximate surface area is 257 Å². The highest BCUT2D eigenvalue weighted by Crippen LogP contribution is 2.55. The first-order valence-electron chi connectivity index (χ1n) is 12.5. The number of hydrogen-bond acceptors (Lipinski definition) is 6. The zero-order valence-corrected chi connectivity index (χ0v) is 22.6. The van der Waals surface area contributed by atoms with Gasteiger partial charge in [-0.05, 0) is 29.3 Å². The molecule has 0 fully saturated rings. The molecule has 2 aliphatic rings. The maximum Gasteiger partial charge on any atom is 0.177 e. The van der Waals surface area contributed by atoms with E-state index in [1.165, 1.54) is 18.2 Å². The highest BCUT2D eigenvalue weighted by molar-refractivity contribution is 6.18. The molecule has 46 heavy (non-hydrogen) atoms. The summed E-state index contributed by atoms with van der Waals surface area (Å²) < 4.78 is 65.3.